The average Bonchev–Trinajstić information content (AvgIpc) is 2.81. The lowest BCUT2D eigenvalue weighted by molar-refractivity contribution is 0.172. The van der Waals surface area contributed by atoms with Crippen molar-refractivity contribution < 1.29 is 0 Å². The lowest BCUT2D eigenvalue weighted by Gasteiger charge is -2.32. The van der Waals surface area contributed by atoms with E-state index in [1.807, 2.05) is 14.1 Å². The number of rotatable bonds is 5. The van der Waals surface area contributed by atoms with E-state index in [0.29, 0.717) is 0 Å². The normalized spacial score (nSPS) is 17.4. The average molecular weight is 319 g/mol. The van der Waals surface area contributed by atoms with Crippen molar-refractivity contribution in [1.82, 2.24) is 14.8 Å². The zero-order valence-corrected chi connectivity index (χ0v) is 14.3. The Morgan fingerprint density at radius 1 is 1.32 bits per heavy atom. The number of piperidine rings is 1. The maximum Gasteiger partial charge on any atom is 0.307 e. The second kappa shape index (κ2) is 6.94. The molecule has 0 amide bonds. The van der Waals surface area contributed by atoms with Crippen molar-refractivity contribution in [2.24, 2.45) is 13.0 Å². The van der Waals surface area contributed by atoms with E-state index in [-0.39, 0.29) is 4.87 Å². The lowest BCUT2D eigenvalue weighted by Crippen LogP contribution is -2.34. The number of hydrogen-bond donors (Lipinski definition) is 1. The predicted octanol–water partition coefficient (Wildman–Crippen LogP) is 2.42. The molecule has 1 N–H and O–H groups in total. The van der Waals surface area contributed by atoms with Gasteiger partial charge in [-0.1, -0.05) is 17.4 Å². The minimum Gasteiger partial charge on any atom is -0.320 e. The molecule has 0 bridgehead atoms. The van der Waals surface area contributed by atoms with Gasteiger partial charge in [0.25, 0.3) is 0 Å². The van der Waals surface area contributed by atoms with Crippen LogP contribution in [0.4, 0.5) is 0 Å². The van der Waals surface area contributed by atoms with E-state index < -0.39 is 0 Å². The number of nitrogens with one attached hydrogen (secondary N) is 1. The molecule has 1 aliphatic rings. The quantitative estimate of drug-likeness (QED) is 0.920. The topological polar surface area (TPSA) is 37.3 Å². The van der Waals surface area contributed by atoms with Crippen LogP contribution in [0.25, 0.3) is 10.2 Å². The molecule has 2 aromatic rings. The van der Waals surface area contributed by atoms with Crippen LogP contribution in [0.15, 0.2) is 23.0 Å². The van der Waals surface area contributed by atoms with E-state index in [1.54, 1.807) is 4.57 Å². The van der Waals surface area contributed by atoms with Crippen molar-refractivity contribution >= 4 is 21.6 Å². The molecule has 1 saturated heterocycles. The van der Waals surface area contributed by atoms with Crippen LogP contribution < -0.4 is 10.2 Å². The van der Waals surface area contributed by atoms with Gasteiger partial charge in [-0.3, -0.25) is 9.69 Å². The van der Waals surface area contributed by atoms with Crippen LogP contribution in [0, 0.1) is 5.92 Å². The van der Waals surface area contributed by atoms with Gasteiger partial charge in [-0.15, -0.1) is 0 Å². The summed E-state index contributed by atoms with van der Waals surface area (Å²) in [6.07, 6.45) is 3.92. The molecule has 0 spiro atoms. The molecule has 1 aromatic heterocycles. The van der Waals surface area contributed by atoms with Crippen molar-refractivity contribution in [3.05, 3.63) is 33.4 Å². The number of likely N-dealkylation sites (tertiary alicyclic amines) is 1. The number of fused-ring (bicyclic) bond motifs is 1. The third kappa shape index (κ3) is 3.42. The maximum absolute atomic E-state index is 11.7. The van der Waals surface area contributed by atoms with Gasteiger partial charge >= 0.3 is 4.87 Å². The van der Waals surface area contributed by atoms with E-state index >= 15 is 0 Å². The number of thiazole rings is 1. The fourth-order valence-corrected chi connectivity index (χ4v) is 4.26. The molecule has 3 rings (SSSR count). The van der Waals surface area contributed by atoms with Crippen LogP contribution in [0.2, 0.25) is 0 Å². The first-order valence-corrected chi connectivity index (χ1v) is 8.94. The minimum absolute atomic E-state index is 0.123. The van der Waals surface area contributed by atoms with Crippen LogP contribution in [-0.4, -0.2) is 36.1 Å². The summed E-state index contributed by atoms with van der Waals surface area (Å²) >= 11 is 1.35. The summed E-state index contributed by atoms with van der Waals surface area (Å²) in [5, 5.41) is 3.25. The van der Waals surface area contributed by atoms with Crippen molar-refractivity contribution in [3.8, 4) is 0 Å². The van der Waals surface area contributed by atoms with Gasteiger partial charge in [-0.2, -0.15) is 0 Å². The summed E-state index contributed by atoms with van der Waals surface area (Å²) in [6, 6.07) is 6.44. The Morgan fingerprint density at radius 3 is 2.82 bits per heavy atom. The molecule has 5 heteroatoms. The Morgan fingerprint density at radius 2 is 2.09 bits per heavy atom. The van der Waals surface area contributed by atoms with Gasteiger partial charge < -0.3 is 9.88 Å². The van der Waals surface area contributed by atoms with Crippen LogP contribution in [-0.2, 0) is 13.6 Å². The molecule has 0 saturated carbocycles. The van der Waals surface area contributed by atoms with Gasteiger partial charge in [0.15, 0.2) is 0 Å². The largest absolute Gasteiger partial charge is 0.320 e. The smallest absolute Gasteiger partial charge is 0.307 e. The summed E-state index contributed by atoms with van der Waals surface area (Å²) in [5.74, 6) is 0.880. The first-order valence-electron chi connectivity index (χ1n) is 8.13. The fraction of sp³-hybridized carbons (Fsp3) is 0.588. The molecule has 4 nitrogen and oxygen atoms in total. The van der Waals surface area contributed by atoms with E-state index in [1.165, 1.54) is 49.3 Å². The second-order valence-corrected chi connectivity index (χ2v) is 7.33. The van der Waals surface area contributed by atoms with Crippen LogP contribution in [0.1, 0.15) is 24.8 Å². The van der Waals surface area contributed by atoms with E-state index in [4.69, 9.17) is 0 Å². The Bertz CT molecular complexity index is 683. The van der Waals surface area contributed by atoms with E-state index in [0.717, 1.165) is 29.2 Å². The van der Waals surface area contributed by atoms with Gasteiger partial charge in [0.2, 0.25) is 0 Å². The summed E-state index contributed by atoms with van der Waals surface area (Å²) in [4.78, 5) is 14.4. The maximum atomic E-state index is 11.7. The van der Waals surface area contributed by atoms with Crippen LogP contribution in [0.3, 0.4) is 0 Å². The Labute approximate surface area is 135 Å². The number of nitrogens with zero attached hydrogens (tertiary/aromatic N) is 2. The van der Waals surface area contributed by atoms with Crippen molar-refractivity contribution in [2.45, 2.75) is 25.8 Å². The molecule has 1 fully saturated rings. The highest BCUT2D eigenvalue weighted by atomic mass is 32.1. The molecule has 2 heterocycles. The van der Waals surface area contributed by atoms with Crippen LogP contribution >= 0.6 is 11.3 Å². The SMILES string of the molecule is CNCCC1CCN(Cc2ccc3c(c2)sc(=O)n3C)CC1. The highest BCUT2D eigenvalue weighted by Crippen LogP contribution is 2.23. The first-order chi connectivity index (χ1) is 10.7. The standard InChI is InChI=1S/C17H25N3OS/c1-18-8-5-13-6-9-20(10-7-13)12-14-3-4-15-16(11-14)22-17(21)19(15)2/h3-4,11,13,18H,5-10,12H2,1-2H3. The molecule has 0 radical (unpaired) electrons. The minimum atomic E-state index is 0.123. The van der Waals surface area contributed by atoms with Gasteiger partial charge in [-0.05, 0) is 69.6 Å². The molecule has 120 valence electrons. The second-order valence-electron chi connectivity index (χ2n) is 6.34. The zero-order valence-electron chi connectivity index (χ0n) is 13.5. The Kier molecular flexibility index (Phi) is 4.96. The van der Waals surface area contributed by atoms with Crippen molar-refractivity contribution in [1.29, 1.82) is 0 Å². The van der Waals surface area contributed by atoms with E-state index in [9.17, 15) is 4.79 Å². The number of aryl methyl sites for hydroxylation is 1. The zero-order chi connectivity index (χ0) is 15.5. The predicted molar refractivity (Wildman–Crippen MR) is 93.6 cm³/mol. The number of benzene rings is 1. The lowest BCUT2D eigenvalue weighted by atomic mass is 9.93. The monoisotopic (exact) mass is 319 g/mol. The molecule has 0 aliphatic carbocycles. The fourth-order valence-electron chi connectivity index (χ4n) is 3.32. The summed E-state index contributed by atoms with van der Waals surface area (Å²) in [5.41, 5.74) is 2.37. The third-order valence-electron chi connectivity index (χ3n) is 4.77. The summed E-state index contributed by atoms with van der Waals surface area (Å²) in [6.45, 7) is 4.52. The van der Waals surface area contributed by atoms with Crippen LogP contribution in [0.5, 0.6) is 0 Å². The first kappa shape index (κ1) is 15.7. The Balaban J connectivity index is 1.61. The number of aromatic nitrogens is 1. The molecule has 0 unspecified atom stereocenters. The molecular formula is C17H25N3OS. The highest BCUT2D eigenvalue weighted by molar-refractivity contribution is 7.16. The van der Waals surface area contributed by atoms with Crippen molar-refractivity contribution in [2.75, 3.05) is 26.7 Å². The molecule has 0 atom stereocenters. The third-order valence-corrected chi connectivity index (χ3v) is 5.77. The van der Waals surface area contributed by atoms with Gasteiger partial charge in [0.1, 0.15) is 0 Å². The molecule has 1 aromatic carbocycles. The van der Waals surface area contributed by atoms with Gasteiger partial charge in [-0.25, -0.2) is 0 Å². The molecule has 22 heavy (non-hydrogen) atoms. The highest BCUT2D eigenvalue weighted by Gasteiger charge is 2.19. The number of hydrogen-bond acceptors (Lipinski definition) is 4. The van der Waals surface area contributed by atoms with Crippen molar-refractivity contribution in [3.63, 3.8) is 0 Å². The molecular weight excluding hydrogens is 294 g/mol. The summed E-state index contributed by atoms with van der Waals surface area (Å²) < 4.78 is 2.84. The van der Waals surface area contributed by atoms with E-state index in [2.05, 4.69) is 28.4 Å². The van der Waals surface area contributed by atoms with Gasteiger partial charge in [0.05, 0.1) is 10.2 Å². The Hall–Kier alpha value is -1.17. The summed E-state index contributed by atoms with van der Waals surface area (Å²) in [7, 11) is 3.87. The molecule has 1 aliphatic heterocycles. The van der Waals surface area contributed by atoms with Gasteiger partial charge in [0, 0.05) is 13.6 Å².